The average molecular weight is 1630 g/mol. The Morgan fingerprint density at radius 1 is 0.430 bits per heavy atom. The zero-order valence-electron chi connectivity index (χ0n) is 63.4. The number of carbonyl (C=O) groups is 15. The lowest BCUT2D eigenvalue weighted by atomic mass is 10.0. The molecule has 5 heterocycles. The Morgan fingerprint density at radius 3 is 1.36 bits per heavy atom. The Labute approximate surface area is 666 Å². The Balaban J connectivity index is 1.39. The Kier molecular flexibility index (Phi) is 36.5. The van der Waals surface area contributed by atoms with Crippen LogP contribution in [0.25, 0.3) is 0 Å². The molecule has 2 bridgehead atoms. The number of guanidine groups is 2. The van der Waals surface area contributed by atoms with Gasteiger partial charge >= 0.3 is 5.97 Å². The number of aliphatic imine (C=N–C) groups is 2. The summed E-state index contributed by atoms with van der Waals surface area (Å²) < 4.78 is 0. The van der Waals surface area contributed by atoms with Crippen LogP contribution in [0.2, 0.25) is 0 Å². The summed E-state index contributed by atoms with van der Waals surface area (Å²) in [5.74, 6) is -16.7. The molecule has 5 aliphatic heterocycles. The number of aliphatic hydroxyl groups is 1. The smallest absolute Gasteiger partial charge is 0.305 e. The molecule has 0 aromatic heterocycles. The minimum Gasteiger partial charge on any atom is -0.508 e. The highest BCUT2D eigenvalue weighted by atomic mass is 33.1. The van der Waals surface area contributed by atoms with Crippen molar-refractivity contribution in [1.82, 2.24) is 73.2 Å². The third-order valence-electron chi connectivity index (χ3n) is 19.8. The van der Waals surface area contributed by atoms with E-state index in [-0.39, 0.29) is 153 Å². The molecule has 0 aliphatic carbocycles. The van der Waals surface area contributed by atoms with Crippen LogP contribution in [0, 0.1) is 0 Å². The quantitative estimate of drug-likeness (QED) is 0.0213. The van der Waals surface area contributed by atoms with Crippen LogP contribution in [0.3, 0.4) is 0 Å². The first-order valence-electron chi connectivity index (χ1n) is 38.2. The zero-order chi connectivity index (χ0) is 83.0. The van der Waals surface area contributed by atoms with Gasteiger partial charge in [0.2, 0.25) is 82.7 Å². The number of phenols is 1. The molecule has 0 saturated carbocycles. The van der Waals surface area contributed by atoms with Gasteiger partial charge in [-0.05, 0) is 139 Å². The lowest BCUT2D eigenvalue weighted by Gasteiger charge is -2.34. The van der Waals surface area contributed by atoms with E-state index in [2.05, 4.69) is 68.5 Å². The van der Waals surface area contributed by atoms with Gasteiger partial charge in [-0.15, -0.1) is 0 Å². The molecule has 7 rings (SSSR count). The number of aliphatic hydroxyl groups excluding tert-OH is 1. The van der Waals surface area contributed by atoms with Crippen molar-refractivity contribution in [3.8, 4) is 5.75 Å². The molecule has 5 aliphatic rings. The Bertz CT molecular complexity index is 3770. The van der Waals surface area contributed by atoms with E-state index >= 15 is 28.8 Å². The van der Waals surface area contributed by atoms with E-state index in [0.717, 1.165) is 26.5 Å². The first kappa shape index (κ1) is 90.6. The predicted octanol–water partition coefficient (Wildman–Crippen LogP) is -6.64. The molecule has 0 radical (unpaired) electrons. The molecule has 626 valence electrons. The molecular weight excluding hydrogens is 1530 g/mol. The number of unbranched alkanes of at least 4 members (excludes halogenated alkanes) is 2. The first-order valence-corrected chi connectivity index (χ1v) is 40.7. The van der Waals surface area contributed by atoms with Gasteiger partial charge in [-0.25, -0.2) is 0 Å². The molecule has 2 aromatic carbocycles. The van der Waals surface area contributed by atoms with Crippen LogP contribution >= 0.6 is 21.6 Å². The van der Waals surface area contributed by atoms with Gasteiger partial charge in [0.15, 0.2) is 11.9 Å². The number of hydrogen-bond acceptors (Lipinski definition) is 23. The molecule has 114 heavy (non-hydrogen) atoms. The fraction of sp³-hybridized carbons (Fsp3) is 0.597. The largest absolute Gasteiger partial charge is 0.508 e. The number of nitrogens with one attached hydrogen (secondary N) is 11. The first-order chi connectivity index (χ1) is 54.6. The summed E-state index contributed by atoms with van der Waals surface area (Å²) in [6, 6.07) is -6.36. The lowest BCUT2D eigenvalue weighted by molar-refractivity contribution is -0.148. The fourth-order valence-electron chi connectivity index (χ4n) is 13.8. The summed E-state index contributed by atoms with van der Waals surface area (Å²) in [7, 11) is 1.68. The number of benzene rings is 2. The van der Waals surface area contributed by atoms with Gasteiger partial charge in [0.05, 0.1) is 19.6 Å². The number of amides is 14. The van der Waals surface area contributed by atoms with Crippen molar-refractivity contribution in [2.24, 2.45) is 44.4 Å². The predicted molar refractivity (Wildman–Crippen MR) is 418 cm³/mol. The number of aromatic hydroxyl groups is 1. The van der Waals surface area contributed by atoms with E-state index < -0.39 is 198 Å². The van der Waals surface area contributed by atoms with E-state index in [9.17, 15) is 58.5 Å². The van der Waals surface area contributed by atoms with Crippen molar-refractivity contribution in [2.75, 3.05) is 70.5 Å². The van der Waals surface area contributed by atoms with Crippen LogP contribution in [-0.4, -0.2) is 280 Å². The van der Waals surface area contributed by atoms with Crippen LogP contribution in [0.1, 0.15) is 120 Å². The topological polar surface area (TPSA) is 640 Å². The van der Waals surface area contributed by atoms with Gasteiger partial charge in [0, 0.05) is 57.1 Å². The molecular formula is C72H108N22O18S2. The van der Waals surface area contributed by atoms with Crippen molar-refractivity contribution >= 4 is 122 Å². The molecule has 0 unspecified atom stereocenters. The number of carboxylic acids is 1. The second-order valence-electron chi connectivity index (χ2n) is 28.3. The van der Waals surface area contributed by atoms with Crippen molar-refractivity contribution in [3.05, 3.63) is 65.7 Å². The highest BCUT2D eigenvalue weighted by Gasteiger charge is 2.46. The van der Waals surface area contributed by atoms with E-state index in [1.54, 1.807) is 30.3 Å². The highest BCUT2D eigenvalue weighted by molar-refractivity contribution is 8.76. The number of rotatable bonds is 23. The maximum atomic E-state index is 15.5. The van der Waals surface area contributed by atoms with Crippen LogP contribution < -0.4 is 92.9 Å². The normalized spacial score (nSPS) is 26.2. The van der Waals surface area contributed by atoms with Gasteiger partial charge < -0.3 is 123 Å². The molecule has 40 nitrogen and oxygen atoms in total. The number of aliphatic carboxylic acids is 1. The number of fused-ring (bicyclic) bond motifs is 8. The number of carbonyl (C=O) groups excluding carboxylic acids is 14. The summed E-state index contributed by atoms with van der Waals surface area (Å²) in [5, 5.41) is 59.8. The Hall–Kier alpha value is -10.6. The van der Waals surface area contributed by atoms with Crippen molar-refractivity contribution < 1.29 is 87.2 Å². The molecule has 5 saturated heterocycles. The number of hydrogen-bond donors (Lipinski definition) is 20. The van der Waals surface area contributed by atoms with Gasteiger partial charge in [0.1, 0.15) is 84.3 Å². The second kappa shape index (κ2) is 45.9. The molecule has 26 N–H and O–H groups in total. The molecule has 42 heteroatoms. The summed E-state index contributed by atoms with van der Waals surface area (Å²) >= 11 is 0. The van der Waals surface area contributed by atoms with Crippen LogP contribution in [0.4, 0.5) is 0 Å². The summed E-state index contributed by atoms with van der Waals surface area (Å²) in [4.78, 5) is 232. The third kappa shape index (κ3) is 27.9. The minimum atomic E-state index is -1.87. The SMILES string of the molecule is NCCCC[C@@H]1NC(=O)[C@H](Cc2ccc(O)cc2)NC(=O)[C@@H]2CSSC[C@H](NC(=O)[C@H](CCCN=C(N)N)NC(=O)[C@@H]3CCCN3C(=O)[C@@H]3CCCN3C(=O)[C@H](CCCCN)NC(=O)[C@H](CO)NC1=O)C(=O)N[C@@H](Cc1ccccc1)C(=O)N1CCC[C@H]1C(=O)N[C@@H](CC(=O)O)C(=O)NCC(=O)N[C@@H](CCCN=C(N)N)C(=O)N2. The molecule has 2 aromatic rings. The fourth-order valence-corrected chi connectivity index (χ4v) is 16.2. The van der Waals surface area contributed by atoms with E-state index in [1.807, 2.05) is 0 Å². The standard InChI is InChI=1S/C72H108N22O18S2/c73-26-6-4-15-44-60(102)89-50(37-95)63(105)85-46(16-5-7-27-74)68(110)94-32-12-21-55(94)70(112)93-31-11-20-54(93)66(108)84-45(18-9-29-80-72(77)78)61(103)91-52-39-114-113-38-51(64(106)86-47(62(104)83-44)33-41-22-24-42(96)25-23-41)90-59(101)43(17-8-28-79-71(75)76)82-56(97)36-81-58(100)48(35-57(98)99)87-67(109)53-19-10-30-92(53)69(111)49(88-65(52)107)34-40-13-2-1-3-14-40/h1-3,13-14,22-25,43-55,95-96H,4-12,15-21,26-39,73-74H2,(H,81,100)(H,82,97)(H,83,104)(H,84,108)(H,85,105)(H,86,106)(H,87,109)(H,88,107)(H,89,102)(H,90,101)(H,91,103)(H,98,99)(H4,75,76,79)(H4,77,78,80)/t43-,44-,45-,46-,47-,48-,49-,50-,51-,52-,53-,54-,55-/m0/s1. The van der Waals surface area contributed by atoms with Gasteiger partial charge in [-0.1, -0.05) is 64.1 Å². The summed E-state index contributed by atoms with van der Waals surface area (Å²) in [6.07, 6.45) is -0.0287. The zero-order valence-corrected chi connectivity index (χ0v) is 65.0. The number of nitrogens with two attached hydrogens (primary N) is 6. The van der Waals surface area contributed by atoms with E-state index in [4.69, 9.17) is 34.4 Å². The maximum Gasteiger partial charge on any atom is 0.305 e. The third-order valence-corrected chi connectivity index (χ3v) is 22.2. The van der Waals surface area contributed by atoms with E-state index in [0.29, 0.717) is 36.8 Å². The summed E-state index contributed by atoms with van der Waals surface area (Å²) in [6.45, 7) is -1.81. The van der Waals surface area contributed by atoms with Crippen LogP contribution in [0.5, 0.6) is 5.75 Å². The maximum absolute atomic E-state index is 15.5. The van der Waals surface area contributed by atoms with Crippen molar-refractivity contribution in [3.63, 3.8) is 0 Å². The average Bonchev–Trinajstić information content (AvgIpc) is 1.63. The second-order valence-corrected chi connectivity index (χ2v) is 30.9. The lowest BCUT2D eigenvalue weighted by Crippen LogP contribution is -2.61. The van der Waals surface area contributed by atoms with Crippen molar-refractivity contribution in [2.45, 2.75) is 201 Å². The van der Waals surface area contributed by atoms with Crippen LogP contribution in [0.15, 0.2) is 64.6 Å². The molecule has 13 atom stereocenters. The number of carboxylic acid groups (broad SMARTS) is 1. The van der Waals surface area contributed by atoms with Gasteiger partial charge in [-0.2, -0.15) is 0 Å². The number of phenolic OH excluding ortho intramolecular Hbond substituents is 1. The monoisotopic (exact) mass is 1630 g/mol. The van der Waals surface area contributed by atoms with Gasteiger partial charge in [-0.3, -0.25) is 81.9 Å². The van der Waals surface area contributed by atoms with Crippen LogP contribution in [-0.2, 0) is 84.8 Å². The van der Waals surface area contributed by atoms with Crippen molar-refractivity contribution in [1.29, 1.82) is 0 Å². The number of nitrogens with zero attached hydrogens (tertiary/aromatic N) is 5. The highest BCUT2D eigenvalue weighted by Crippen LogP contribution is 2.29. The molecule has 5 fully saturated rings. The molecule has 0 spiro atoms. The molecule has 14 amide bonds. The summed E-state index contributed by atoms with van der Waals surface area (Å²) in [5.41, 5.74) is 35.2. The van der Waals surface area contributed by atoms with Gasteiger partial charge in [0.25, 0.3) is 0 Å². The minimum absolute atomic E-state index is 0.00179. The van der Waals surface area contributed by atoms with E-state index in [1.165, 1.54) is 34.1 Å². The Morgan fingerprint density at radius 2 is 0.833 bits per heavy atom.